The van der Waals surface area contributed by atoms with Crippen molar-refractivity contribution >= 4 is 17.9 Å². The van der Waals surface area contributed by atoms with Crippen molar-refractivity contribution < 1.29 is 42.9 Å². The molecule has 0 fully saturated rings. The zero-order chi connectivity index (χ0) is 47.7. The number of carboxylic acid groups (broad SMARTS) is 1. The summed E-state index contributed by atoms with van der Waals surface area (Å²) in [5, 5.41) is 11.7. The first-order valence-corrected chi connectivity index (χ1v) is 27.5. The molecule has 0 heterocycles. The van der Waals surface area contributed by atoms with Gasteiger partial charge in [0.2, 0.25) is 0 Å². The Labute approximate surface area is 401 Å². The molecule has 0 N–H and O–H groups in total. The lowest BCUT2D eigenvalue weighted by Crippen LogP contribution is -2.44. The predicted octanol–water partition coefficient (Wildman–Crippen LogP) is 14.2. The van der Waals surface area contributed by atoms with Crippen molar-refractivity contribution in [3.63, 3.8) is 0 Å². The smallest absolute Gasteiger partial charge is 0.306 e. The number of nitrogens with zero attached hydrogens (tertiary/aromatic N) is 1. The number of carbonyl (C=O) groups excluding carboxylic acids is 3. The summed E-state index contributed by atoms with van der Waals surface area (Å²) in [6.45, 7) is 4.76. The maximum atomic E-state index is 12.8. The quantitative estimate of drug-likeness (QED) is 0.0195. The Morgan fingerprint density at radius 3 is 1.23 bits per heavy atom. The van der Waals surface area contributed by atoms with Crippen molar-refractivity contribution in [2.24, 2.45) is 0 Å². The number of carboxylic acids is 1. The number of unbranched alkanes of at least 4 members (excludes halogenated alkanes) is 32. The molecule has 0 rings (SSSR count). The van der Waals surface area contributed by atoms with Crippen LogP contribution in [-0.2, 0) is 33.3 Å². The molecule has 0 aliphatic heterocycles. The maximum Gasteiger partial charge on any atom is 0.306 e. The first-order chi connectivity index (χ1) is 31.6. The number of aliphatic carboxylic acids is 1. The van der Waals surface area contributed by atoms with Crippen LogP contribution in [0.5, 0.6) is 0 Å². The Kier molecular flexibility index (Phi) is 46.6. The standard InChI is InChI=1S/C56H105NO8/c1-6-8-10-12-14-16-18-20-22-24-26-27-28-29-31-32-34-36-38-40-42-44-46-53(58)63-50-52(51-64-56(55(60)61)62-49-48-57(3,4)5)65-54(59)47-45-43-41-39-37-35-33-30-25-23-21-19-17-15-13-11-9-7-2/h17,19,23,25,52,56H,6-16,18,20-22,24,26-51H2,1-5H3/b19-17-,25-23-. The van der Waals surface area contributed by atoms with E-state index in [4.69, 9.17) is 18.9 Å². The third-order valence-electron chi connectivity index (χ3n) is 12.2. The van der Waals surface area contributed by atoms with Gasteiger partial charge in [0.1, 0.15) is 13.2 Å². The minimum absolute atomic E-state index is 0.148. The van der Waals surface area contributed by atoms with Gasteiger partial charge in [-0.3, -0.25) is 9.59 Å². The number of allylic oxidation sites excluding steroid dienone is 4. The molecule has 0 radical (unpaired) electrons. The molecular formula is C56H105NO8. The fourth-order valence-electron chi connectivity index (χ4n) is 7.92. The van der Waals surface area contributed by atoms with Crippen molar-refractivity contribution in [1.29, 1.82) is 0 Å². The fourth-order valence-corrected chi connectivity index (χ4v) is 7.92. The molecule has 9 heteroatoms. The topological polar surface area (TPSA) is 111 Å². The van der Waals surface area contributed by atoms with Crippen molar-refractivity contribution in [2.45, 2.75) is 270 Å². The van der Waals surface area contributed by atoms with Crippen molar-refractivity contribution in [1.82, 2.24) is 0 Å². The summed E-state index contributed by atoms with van der Waals surface area (Å²) in [4.78, 5) is 37.2. The minimum Gasteiger partial charge on any atom is -0.545 e. The van der Waals surface area contributed by atoms with E-state index in [-0.39, 0.29) is 32.2 Å². The van der Waals surface area contributed by atoms with Crippen molar-refractivity contribution in [3.8, 4) is 0 Å². The second-order valence-electron chi connectivity index (χ2n) is 19.9. The van der Waals surface area contributed by atoms with Crippen molar-refractivity contribution in [3.05, 3.63) is 24.3 Å². The Hall–Kier alpha value is -2.23. The molecule has 0 aliphatic rings. The second-order valence-corrected chi connectivity index (χ2v) is 19.9. The molecule has 0 aromatic carbocycles. The summed E-state index contributed by atoms with van der Waals surface area (Å²) in [7, 11) is 5.92. The summed E-state index contributed by atoms with van der Waals surface area (Å²) in [5.41, 5.74) is 0. The molecule has 2 atom stereocenters. The third kappa shape index (κ3) is 49.5. The monoisotopic (exact) mass is 920 g/mol. The number of ether oxygens (including phenoxy) is 4. The largest absolute Gasteiger partial charge is 0.545 e. The minimum atomic E-state index is -1.62. The van der Waals surface area contributed by atoms with Crippen LogP contribution in [-0.4, -0.2) is 82.3 Å². The van der Waals surface area contributed by atoms with Gasteiger partial charge in [-0.2, -0.15) is 0 Å². The van der Waals surface area contributed by atoms with Crippen LogP contribution in [0.3, 0.4) is 0 Å². The van der Waals surface area contributed by atoms with E-state index in [2.05, 4.69) is 38.2 Å². The highest BCUT2D eigenvalue weighted by atomic mass is 16.7. The number of likely N-dealkylation sites (N-methyl/N-ethyl adjacent to an activating group) is 1. The summed E-state index contributed by atoms with van der Waals surface area (Å²) >= 11 is 0. The van der Waals surface area contributed by atoms with E-state index in [1.54, 1.807) is 0 Å². The molecule has 382 valence electrons. The molecule has 0 aromatic rings. The third-order valence-corrected chi connectivity index (χ3v) is 12.2. The van der Waals surface area contributed by atoms with Crippen LogP contribution in [0.2, 0.25) is 0 Å². The highest BCUT2D eigenvalue weighted by Crippen LogP contribution is 2.17. The number of rotatable bonds is 51. The summed E-state index contributed by atoms with van der Waals surface area (Å²) in [6.07, 6.45) is 52.1. The summed E-state index contributed by atoms with van der Waals surface area (Å²) in [6, 6.07) is 0. The van der Waals surface area contributed by atoms with Crippen LogP contribution in [0.1, 0.15) is 258 Å². The number of carbonyl (C=O) groups is 3. The van der Waals surface area contributed by atoms with Gasteiger partial charge in [0, 0.05) is 12.8 Å². The number of esters is 2. The van der Waals surface area contributed by atoms with Crippen LogP contribution < -0.4 is 5.11 Å². The van der Waals surface area contributed by atoms with Crippen LogP contribution in [0.15, 0.2) is 24.3 Å². The summed E-state index contributed by atoms with van der Waals surface area (Å²) in [5.74, 6) is -2.28. The SMILES string of the molecule is CCCCCC/C=C\C/C=C\CCCCCCCCCC(=O)OC(COC(=O)CCCCCCCCCCCCCCCCCCCCCCCC)COC(OCC[N+](C)(C)C)C(=O)[O-]. The van der Waals surface area contributed by atoms with Gasteiger partial charge in [-0.1, -0.05) is 224 Å². The van der Waals surface area contributed by atoms with E-state index in [9.17, 15) is 19.5 Å². The van der Waals surface area contributed by atoms with Crippen LogP contribution >= 0.6 is 0 Å². The van der Waals surface area contributed by atoms with E-state index in [0.29, 0.717) is 23.9 Å². The summed E-state index contributed by atoms with van der Waals surface area (Å²) < 4.78 is 22.7. The average molecular weight is 920 g/mol. The zero-order valence-corrected chi connectivity index (χ0v) is 43.4. The van der Waals surface area contributed by atoms with Gasteiger partial charge in [-0.05, 0) is 44.9 Å². The molecule has 65 heavy (non-hydrogen) atoms. The Morgan fingerprint density at radius 2 is 0.831 bits per heavy atom. The van der Waals surface area contributed by atoms with E-state index in [1.165, 1.54) is 173 Å². The van der Waals surface area contributed by atoms with Gasteiger partial charge >= 0.3 is 11.9 Å². The molecule has 0 saturated heterocycles. The normalized spacial score (nSPS) is 12.9. The van der Waals surface area contributed by atoms with Crippen molar-refractivity contribution in [2.75, 3.05) is 47.5 Å². The number of hydrogen-bond acceptors (Lipinski definition) is 8. The molecular weight excluding hydrogens is 815 g/mol. The van der Waals surface area contributed by atoms with Crippen LogP contribution in [0.25, 0.3) is 0 Å². The van der Waals surface area contributed by atoms with E-state index >= 15 is 0 Å². The molecule has 0 bridgehead atoms. The highest BCUT2D eigenvalue weighted by Gasteiger charge is 2.22. The van der Waals surface area contributed by atoms with Gasteiger partial charge in [0.15, 0.2) is 12.4 Å². The van der Waals surface area contributed by atoms with E-state index in [1.807, 2.05) is 21.1 Å². The molecule has 0 saturated carbocycles. The lowest BCUT2D eigenvalue weighted by Gasteiger charge is -2.26. The molecule has 2 unspecified atom stereocenters. The molecule has 9 nitrogen and oxygen atoms in total. The first kappa shape index (κ1) is 62.8. The van der Waals surface area contributed by atoms with E-state index < -0.39 is 24.3 Å². The van der Waals surface area contributed by atoms with Gasteiger partial charge in [-0.25, -0.2) is 0 Å². The van der Waals surface area contributed by atoms with Gasteiger partial charge in [0.25, 0.3) is 0 Å². The zero-order valence-electron chi connectivity index (χ0n) is 43.4. The number of quaternary nitrogens is 1. The maximum absolute atomic E-state index is 12.8. The van der Waals surface area contributed by atoms with E-state index in [0.717, 1.165) is 51.4 Å². The molecule has 0 aromatic heterocycles. The molecule has 0 amide bonds. The Morgan fingerprint density at radius 1 is 0.462 bits per heavy atom. The predicted molar refractivity (Wildman–Crippen MR) is 270 cm³/mol. The second kappa shape index (κ2) is 48.2. The Balaban J connectivity index is 4.26. The van der Waals surface area contributed by atoms with Crippen LogP contribution in [0.4, 0.5) is 0 Å². The van der Waals surface area contributed by atoms with Gasteiger partial charge in [0.05, 0.1) is 40.3 Å². The first-order valence-electron chi connectivity index (χ1n) is 27.5. The van der Waals surface area contributed by atoms with Gasteiger partial charge in [-0.15, -0.1) is 0 Å². The molecule has 0 aliphatic carbocycles. The average Bonchev–Trinajstić information content (AvgIpc) is 3.27. The van der Waals surface area contributed by atoms with Crippen LogP contribution in [0, 0.1) is 0 Å². The lowest BCUT2D eigenvalue weighted by molar-refractivity contribution is -0.870. The highest BCUT2D eigenvalue weighted by molar-refractivity contribution is 5.70. The molecule has 0 spiro atoms. The van der Waals surface area contributed by atoms with Gasteiger partial charge < -0.3 is 33.3 Å². The lowest BCUT2D eigenvalue weighted by atomic mass is 10.0. The number of hydrogen-bond donors (Lipinski definition) is 0. The Bertz CT molecular complexity index is 1120. The fraction of sp³-hybridized carbons (Fsp3) is 0.875.